The van der Waals surface area contributed by atoms with Gasteiger partial charge in [-0.2, -0.15) is 11.8 Å². The lowest BCUT2D eigenvalue weighted by molar-refractivity contribution is 0.183. The molecule has 3 heteroatoms. The van der Waals surface area contributed by atoms with Crippen LogP contribution >= 0.6 is 11.8 Å². The number of aliphatic hydroxyl groups excluding tert-OH is 1. The largest absolute Gasteiger partial charge is 0.394 e. The van der Waals surface area contributed by atoms with Crippen molar-refractivity contribution < 1.29 is 5.11 Å². The average molecular weight is 231 g/mol. The van der Waals surface area contributed by atoms with Crippen LogP contribution in [-0.4, -0.2) is 34.3 Å². The molecule has 0 radical (unpaired) electrons. The number of thioether (sulfide) groups is 1. The van der Waals surface area contributed by atoms with Crippen molar-refractivity contribution in [2.75, 3.05) is 12.4 Å². The molecule has 1 rings (SSSR count). The molecule has 0 bridgehead atoms. The first-order chi connectivity index (χ1) is 7.06. The number of nitrogens with one attached hydrogen (secondary N) is 1. The molecule has 0 aromatic rings. The molecule has 0 aromatic carbocycles. The van der Waals surface area contributed by atoms with Crippen LogP contribution in [0.4, 0.5) is 0 Å². The van der Waals surface area contributed by atoms with Gasteiger partial charge in [0, 0.05) is 22.6 Å². The van der Waals surface area contributed by atoms with E-state index in [-0.39, 0.29) is 12.1 Å². The topological polar surface area (TPSA) is 32.3 Å². The summed E-state index contributed by atoms with van der Waals surface area (Å²) in [5.74, 6) is 1.02. The SMILES string of the molecule is CC(C)NC(C)(CO)CSC1CCCC1. The van der Waals surface area contributed by atoms with E-state index in [4.69, 9.17) is 0 Å². The third-order valence-electron chi connectivity index (χ3n) is 2.93. The summed E-state index contributed by atoms with van der Waals surface area (Å²) in [5, 5.41) is 13.7. The van der Waals surface area contributed by atoms with Crippen LogP contribution in [-0.2, 0) is 0 Å². The van der Waals surface area contributed by atoms with E-state index in [0.29, 0.717) is 6.04 Å². The Morgan fingerprint density at radius 2 is 2.00 bits per heavy atom. The summed E-state index contributed by atoms with van der Waals surface area (Å²) in [4.78, 5) is 0. The molecule has 1 atom stereocenters. The lowest BCUT2D eigenvalue weighted by atomic mass is 10.1. The molecule has 0 heterocycles. The van der Waals surface area contributed by atoms with Crippen LogP contribution in [0, 0.1) is 0 Å². The minimum atomic E-state index is -0.110. The van der Waals surface area contributed by atoms with Gasteiger partial charge in [-0.25, -0.2) is 0 Å². The van der Waals surface area contributed by atoms with Crippen molar-refractivity contribution in [3.63, 3.8) is 0 Å². The second-order valence-electron chi connectivity index (χ2n) is 5.24. The van der Waals surface area contributed by atoms with E-state index < -0.39 is 0 Å². The average Bonchev–Trinajstić information content (AvgIpc) is 2.66. The van der Waals surface area contributed by atoms with E-state index >= 15 is 0 Å². The molecule has 90 valence electrons. The van der Waals surface area contributed by atoms with Crippen LogP contribution in [0.15, 0.2) is 0 Å². The highest BCUT2D eigenvalue weighted by molar-refractivity contribution is 8.00. The van der Waals surface area contributed by atoms with Gasteiger partial charge < -0.3 is 10.4 Å². The van der Waals surface area contributed by atoms with Gasteiger partial charge >= 0.3 is 0 Å². The second kappa shape index (κ2) is 6.12. The van der Waals surface area contributed by atoms with Crippen LogP contribution in [0.1, 0.15) is 46.5 Å². The molecular formula is C12H25NOS. The van der Waals surface area contributed by atoms with Gasteiger partial charge in [0.15, 0.2) is 0 Å². The lowest BCUT2D eigenvalue weighted by Crippen LogP contribution is -2.51. The van der Waals surface area contributed by atoms with E-state index in [2.05, 4.69) is 26.1 Å². The van der Waals surface area contributed by atoms with E-state index in [1.807, 2.05) is 11.8 Å². The Bertz CT molecular complexity index is 180. The van der Waals surface area contributed by atoms with Crippen LogP contribution in [0.25, 0.3) is 0 Å². The third kappa shape index (κ3) is 4.75. The number of rotatable bonds is 6. The number of aliphatic hydroxyl groups is 1. The van der Waals surface area contributed by atoms with E-state index in [1.54, 1.807) is 0 Å². The highest BCUT2D eigenvalue weighted by atomic mass is 32.2. The van der Waals surface area contributed by atoms with Crippen molar-refractivity contribution in [1.82, 2.24) is 5.32 Å². The Morgan fingerprint density at radius 3 is 2.47 bits per heavy atom. The van der Waals surface area contributed by atoms with Crippen LogP contribution in [0.3, 0.4) is 0 Å². The smallest absolute Gasteiger partial charge is 0.0618 e. The first-order valence-corrected chi connectivity index (χ1v) is 7.11. The van der Waals surface area contributed by atoms with Crippen LogP contribution < -0.4 is 5.32 Å². The van der Waals surface area contributed by atoms with Crippen molar-refractivity contribution in [2.45, 2.75) is 63.3 Å². The monoisotopic (exact) mass is 231 g/mol. The third-order valence-corrected chi connectivity index (χ3v) is 4.67. The molecular weight excluding hydrogens is 206 g/mol. The first kappa shape index (κ1) is 13.3. The standard InChI is InChI=1S/C12H25NOS/c1-10(2)13-12(3,8-14)9-15-11-6-4-5-7-11/h10-11,13-14H,4-9H2,1-3H3. The maximum Gasteiger partial charge on any atom is 0.0618 e. The molecule has 1 fully saturated rings. The highest BCUT2D eigenvalue weighted by Gasteiger charge is 2.26. The van der Waals surface area contributed by atoms with Gasteiger partial charge in [0.25, 0.3) is 0 Å². The fourth-order valence-corrected chi connectivity index (χ4v) is 3.63. The van der Waals surface area contributed by atoms with Gasteiger partial charge in [0.2, 0.25) is 0 Å². The summed E-state index contributed by atoms with van der Waals surface area (Å²) >= 11 is 2.04. The van der Waals surface area contributed by atoms with Gasteiger partial charge in [-0.05, 0) is 19.8 Å². The predicted octanol–water partition coefficient (Wildman–Crippen LogP) is 2.41. The van der Waals surface area contributed by atoms with E-state index in [0.717, 1.165) is 11.0 Å². The molecule has 1 unspecified atom stereocenters. The van der Waals surface area contributed by atoms with E-state index in [1.165, 1.54) is 25.7 Å². The van der Waals surface area contributed by atoms with Crippen molar-refractivity contribution in [1.29, 1.82) is 0 Å². The normalized spacial score (nSPS) is 22.2. The number of hydrogen-bond acceptors (Lipinski definition) is 3. The van der Waals surface area contributed by atoms with Gasteiger partial charge in [-0.15, -0.1) is 0 Å². The molecule has 15 heavy (non-hydrogen) atoms. The van der Waals surface area contributed by atoms with Crippen molar-refractivity contribution in [2.24, 2.45) is 0 Å². The minimum Gasteiger partial charge on any atom is -0.394 e. The van der Waals surface area contributed by atoms with Crippen LogP contribution in [0.5, 0.6) is 0 Å². The Labute approximate surface area is 98.2 Å². The highest BCUT2D eigenvalue weighted by Crippen LogP contribution is 2.31. The molecule has 0 amide bonds. The van der Waals surface area contributed by atoms with Gasteiger partial charge in [-0.3, -0.25) is 0 Å². The maximum atomic E-state index is 9.43. The molecule has 0 saturated heterocycles. The zero-order valence-electron chi connectivity index (χ0n) is 10.3. The van der Waals surface area contributed by atoms with Crippen LogP contribution in [0.2, 0.25) is 0 Å². The predicted molar refractivity (Wildman–Crippen MR) is 68.5 cm³/mol. The van der Waals surface area contributed by atoms with Crippen molar-refractivity contribution in [3.8, 4) is 0 Å². The van der Waals surface area contributed by atoms with Crippen molar-refractivity contribution >= 4 is 11.8 Å². The number of hydrogen-bond donors (Lipinski definition) is 2. The van der Waals surface area contributed by atoms with Gasteiger partial charge in [0.05, 0.1) is 6.61 Å². The molecule has 0 spiro atoms. The Morgan fingerprint density at radius 1 is 1.40 bits per heavy atom. The Hall–Kier alpha value is 0.270. The Kier molecular flexibility index (Phi) is 5.44. The summed E-state index contributed by atoms with van der Waals surface area (Å²) < 4.78 is 0. The molecule has 1 saturated carbocycles. The summed E-state index contributed by atoms with van der Waals surface area (Å²) in [5.41, 5.74) is -0.110. The van der Waals surface area contributed by atoms with Crippen molar-refractivity contribution in [3.05, 3.63) is 0 Å². The van der Waals surface area contributed by atoms with Gasteiger partial charge in [0.1, 0.15) is 0 Å². The van der Waals surface area contributed by atoms with E-state index in [9.17, 15) is 5.11 Å². The summed E-state index contributed by atoms with van der Waals surface area (Å²) in [6, 6.07) is 0.436. The fourth-order valence-electron chi connectivity index (χ4n) is 2.19. The van der Waals surface area contributed by atoms with Gasteiger partial charge in [-0.1, -0.05) is 26.7 Å². The summed E-state index contributed by atoms with van der Waals surface area (Å²) in [7, 11) is 0. The first-order valence-electron chi connectivity index (χ1n) is 6.06. The lowest BCUT2D eigenvalue weighted by Gasteiger charge is -2.31. The molecule has 2 nitrogen and oxygen atoms in total. The Balaban J connectivity index is 2.30. The minimum absolute atomic E-state index is 0.110. The zero-order valence-corrected chi connectivity index (χ0v) is 11.1. The molecule has 1 aliphatic carbocycles. The second-order valence-corrected chi connectivity index (χ2v) is 6.52. The molecule has 1 aliphatic rings. The molecule has 0 aliphatic heterocycles. The molecule has 0 aromatic heterocycles. The maximum absolute atomic E-state index is 9.43. The quantitative estimate of drug-likeness (QED) is 0.736. The summed E-state index contributed by atoms with van der Waals surface area (Å²) in [6.07, 6.45) is 5.53. The fraction of sp³-hybridized carbons (Fsp3) is 1.00. The summed E-state index contributed by atoms with van der Waals surface area (Å²) in [6.45, 7) is 6.61. The molecule has 2 N–H and O–H groups in total. The zero-order chi connectivity index (χ0) is 11.3.